The molecule has 0 radical (unpaired) electrons. The zero-order valence-electron chi connectivity index (χ0n) is 10.4. The zero-order chi connectivity index (χ0) is 13.2. The van der Waals surface area contributed by atoms with Gasteiger partial charge in [-0.25, -0.2) is 0 Å². The van der Waals surface area contributed by atoms with E-state index in [-0.39, 0.29) is 12.0 Å². The standard InChI is InChI=1S/C13H14N2O2S2/c1-18-9-4-2-8(3-5-9)12-14-13(17-15-12)10-6-19-7-11(10)16/h2-5,10-11,16H,6-7H2,1H3. The van der Waals surface area contributed by atoms with E-state index in [1.54, 1.807) is 23.5 Å². The molecule has 100 valence electrons. The van der Waals surface area contributed by atoms with E-state index in [0.29, 0.717) is 11.7 Å². The molecule has 19 heavy (non-hydrogen) atoms. The highest BCUT2D eigenvalue weighted by atomic mass is 32.2. The zero-order valence-corrected chi connectivity index (χ0v) is 12.1. The smallest absolute Gasteiger partial charge is 0.233 e. The van der Waals surface area contributed by atoms with Crippen LogP contribution in [0.15, 0.2) is 33.7 Å². The second kappa shape index (κ2) is 5.56. The Balaban J connectivity index is 1.83. The summed E-state index contributed by atoms with van der Waals surface area (Å²) in [5.41, 5.74) is 0.938. The summed E-state index contributed by atoms with van der Waals surface area (Å²) in [6, 6.07) is 8.05. The third-order valence-corrected chi connectivity index (χ3v) is 5.07. The number of aromatic nitrogens is 2. The van der Waals surface area contributed by atoms with Crippen molar-refractivity contribution in [3.05, 3.63) is 30.2 Å². The second-order valence-corrected chi connectivity index (χ2v) is 6.35. The summed E-state index contributed by atoms with van der Waals surface area (Å²) in [5.74, 6) is 2.68. The Labute approximate surface area is 120 Å². The molecule has 1 fully saturated rings. The average molecular weight is 294 g/mol. The first kappa shape index (κ1) is 13.0. The summed E-state index contributed by atoms with van der Waals surface area (Å²) < 4.78 is 5.29. The van der Waals surface area contributed by atoms with Crippen LogP contribution in [-0.2, 0) is 0 Å². The van der Waals surface area contributed by atoms with Crippen LogP contribution in [0.4, 0.5) is 0 Å². The van der Waals surface area contributed by atoms with Gasteiger partial charge in [-0.05, 0) is 30.5 Å². The Bertz CT molecular complexity index is 556. The fraction of sp³-hybridized carbons (Fsp3) is 0.385. The third kappa shape index (κ3) is 2.66. The summed E-state index contributed by atoms with van der Waals surface area (Å²) in [5, 5.41) is 13.8. The second-order valence-electron chi connectivity index (χ2n) is 4.40. The molecule has 2 atom stereocenters. The monoisotopic (exact) mass is 294 g/mol. The van der Waals surface area contributed by atoms with Gasteiger partial charge >= 0.3 is 0 Å². The molecular weight excluding hydrogens is 280 g/mol. The van der Waals surface area contributed by atoms with Gasteiger partial charge in [0.15, 0.2) is 0 Å². The van der Waals surface area contributed by atoms with E-state index in [2.05, 4.69) is 10.1 Å². The molecule has 0 bridgehead atoms. The van der Waals surface area contributed by atoms with Crippen LogP contribution in [0.5, 0.6) is 0 Å². The van der Waals surface area contributed by atoms with E-state index in [1.807, 2.05) is 30.5 Å². The maximum atomic E-state index is 9.84. The highest BCUT2D eigenvalue weighted by Gasteiger charge is 2.32. The minimum atomic E-state index is -0.378. The molecule has 1 aromatic carbocycles. The van der Waals surface area contributed by atoms with Crippen LogP contribution < -0.4 is 0 Å². The molecular formula is C13H14N2O2S2. The molecule has 2 heterocycles. The van der Waals surface area contributed by atoms with Crippen LogP contribution >= 0.6 is 23.5 Å². The molecule has 0 spiro atoms. The topological polar surface area (TPSA) is 59.2 Å². The molecule has 0 aliphatic carbocycles. The van der Waals surface area contributed by atoms with Crippen molar-refractivity contribution in [2.75, 3.05) is 17.8 Å². The Morgan fingerprint density at radius 2 is 2.11 bits per heavy atom. The number of aliphatic hydroxyl groups excluding tert-OH is 1. The lowest BCUT2D eigenvalue weighted by atomic mass is 10.1. The van der Waals surface area contributed by atoms with Crippen molar-refractivity contribution in [1.29, 1.82) is 0 Å². The number of hydrogen-bond acceptors (Lipinski definition) is 6. The van der Waals surface area contributed by atoms with E-state index < -0.39 is 0 Å². The van der Waals surface area contributed by atoms with Gasteiger partial charge in [-0.1, -0.05) is 5.16 Å². The van der Waals surface area contributed by atoms with Crippen LogP contribution in [0.1, 0.15) is 11.8 Å². The third-order valence-electron chi connectivity index (χ3n) is 3.16. The molecule has 0 saturated carbocycles. The fourth-order valence-electron chi connectivity index (χ4n) is 2.02. The normalized spacial score (nSPS) is 22.8. The molecule has 1 aromatic heterocycles. The summed E-state index contributed by atoms with van der Waals surface area (Å²) in [6.45, 7) is 0. The van der Waals surface area contributed by atoms with Crippen molar-refractivity contribution < 1.29 is 9.63 Å². The Kier molecular flexibility index (Phi) is 3.81. The number of thioether (sulfide) groups is 2. The van der Waals surface area contributed by atoms with Gasteiger partial charge in [0, 0.05) is 22.0 Å². The number of benzene rings is 1. The Hall–Kier alpha value is -0.980. The van der Waals surface area contributed by atoms with Crippen molar-refractivity contribution in [3.63, 3.8) is 0 Å². The van der Waals surface area contributed by atoms with Gasteiger partial charge in [0.1, 0.15) is 0 Å². The highest BCUT2D eigenvalue weighted by Crippen LogP contribution is 2.32. The first-order chi connectivity index (χ1) is 9.28. The van der Waals surface area contributed by atoms with E-state index in [9.17, 15) is 5.11 Å². The predicted octanol–water partition coefficient (Wildman–Crippen LogP) is 2.65. The predicted molar refractivity (Wildman–Crippen MR) is 77.6 cm³/mol. The number of aliphatic hydroxyl groups is 1. The van der Waals surface area contributed by atoms with Crippen molar-refractivity contribution >= 4 is 23.5 Å². The molecule has 0 amide bonds. The quantitative estimate of drug-likeness (QED) is 0.878. The minimum absolute atomic E-state index is 0.0308. The average Bonchev–Trinajstić information content (AvgIpc) is 3.07. The van der Waals surface area contributed by atoms with E-state index in [4.69, 9.17) is 4.52 Å². The van der Waals surface area contributed by atoms with Crippen molar-refractivity contribution in [1.82, 2.24) is 10.1 Å². The largest absolute Gasteiger partial charge is 0.391 e. The fourth-order valence-corrected chi connectivity index (χ4v) is 3.66. The molecule has 1 aliphatic rings. The molecule has 1 saturated heterocycles. The molecule has 2 unspecified atom stereocenters. The molecule has 1 aliphatic heterocycles. The van der Waals surface area contributed by atoms with Crippen LogP contribution in [0.3, 0.4) is 0 Å². The van der Waals surface area contributed by atoms with Gasteiger partial charge in [-0.15, -0.1) is 11.8 Å². The summed E-state index contributed by atoms with van der Waals surface area (Å²) >= 11 is 3.41. The number of hydrogen-bond donors (Lipinski definition) is 1. The first-order valence-corrected chi connectivity index (χ1v) is 8.39. The van der Waals surface area contributed by atoms with Gasteiger partial charge in [-0.3, -0.25) is 0 Å². The molecule has 3 rings (SSSR count). The first-order valence-electron chi connectivity index (χ1n) is 6.02. The van der Waals surface area contributed by atoms with E-state index in [1.165, 1.54) is 4.90 Å². The molecule has 2 aromatic rings. The minimum Gasteiger partial charge on any atom is -0.391 e. The summed E-state index contributed by atoms with van der Waals surface area (Å²) in [6.07, 6.45) is 1.66. The molecule has 4 nitrogen and oxygen atoms in total. The van der Waals surface area contributed by atoms with Gasteiger partial charge in [0.2, 0.25) is 11.7 Å². The highest BCUT2D eigenvalue weighted by molar-refractivity contribution is 7.99. The van der Waals surface area contributed by atoms with Gasteiger partial charge in [0.05, 0.1) is 12.0 Å². The van der Waals surface area contributed by atoms with Gasteiger partial charge in [0.25, 0.3) is 0 Å². The van der Waals surface area contributed by atoms with Crippen LogP contribution in [0.2, 0.25) is 0 Å². The lowest BCUT2D eigenvalue weighted by Gasteiger charge is -2.06. The lowest BCUT2D eigenvalue weighted by Crippen LogP contribution is -2.15. The van der Waals surface area contributed by atoms with Crippen molar-refractivity contribution in [2.45, 2.75) is 16.9 Å². The van der Waals surface area contributed by atoms with Crippen LogP contribution in [-0.4, -0.2) is 39.1 Å². The molecule has 6 heteroatoms. The Morgan fingerprint density at radius 3 is 2.74 bits per heavy atom. The van der Waals surface area contributed by atoms with Crippen LogP contribution in [0, 0.1) is 0 Å². The summed E-state index contributed by atoms with van der Waals surface area (Å²) in [4.78, 5) is 5.61. The maximum absolute atomic E-state index is 9.84. The van der Waals surface area contributed by atoms with Gasteiger partial charge < -0.3 is 9.63 Å². The van der Waals surface area contributed by atoms with E-state index >= 15 is 0 Å². The Morgan fingerprint density at radius 1 is 1.32 bits per heavy atom. The van der Waals surface area contributed by atoms with Crippen molar-refractivity contribution in [2.24, 2.45) is 0 Å². The van der Waals surface area contributed by atoms with Gasteiger partial charge in [-0.2, -0.15) is 16.7 Å². The molecule has 1 N–H and O–H groups in total. The number of rotatable bonds is 3. The summed E-state index contributed by atoms with van der Waals surface area (Å²) in [7, 11) is 0. The maximum Gasteiger partial charge on any atom is 0.233 e. The van der Waals surface area contributed by atoms with Crippen LogP contribution in [0.25, 0.3) is 11.4 Å². The van der Waals surface area contributed by atoms with Crippen molar-refractivity contribution in [3.8, 4) is 11.4 Å². The number of nitrogens with zero attached hydrogens (tertiary/aromatic N) is 2. The SMILES string of the molecule is CSc1ccc(-c2noc(C3CSCC3O)n2)cc1. The van der Waals surface area contributed by atoms with E-state index in [0.717, 1.165) is 17.1 Å². The lowest BCUT2D eigenvalue weighted by molar-refractivity contribution is 0.164.